The molecule has 1 aromatic carbocycles. The number of rotatable bonds is 5. The largest absolute Gasteiger partial charge is 0.481 e. The molecule has 126 valence electrons. The summed E-state index contributed by atoms with van der Waals surface area (Å²) in [5.41, 5.74) is -0.0679. The number of halogens is 3. The quantitative estimate of drug-likeness (QED) is 0.902. The third-order valence-corrected chi connectivity index (χ3v) is 4.99. The predicted octanol–water partition coefficient (Wildman–Crippen LogP) is 3.11. The number of carboxylic acids is 1. The van der Waals surface area contributed by atoms with E-state index in [-0.39, 0.29) is 5.92 Å². The lowest BCUT2D eigenvalue weighted by Crippen LogP contribution is -2.35. The van der Waals surface area contributed by atoms with Crippen LogP contribution in [0.25, 0.3) is 0 Å². The Labute approximate surface area is 131 Å². The summed E-state index contributed by atoms with van der Waals surface area (Å²) in [6, 6.07) is 3.88. The zero-order valence-electron chi connectivity index (χ0n) is 12.5. The second-order valence-electron chi connectivity index (χ2n) is 6.36. The molecule has 0 radical (unpaired) electrons. The first-order valence-corrected chi connectivity index (χ1v) is 7.60. The van der Waals surface area contributed by atoms with E-state index in [4.69, 9.17) is 0 Å². The van der Waals surface area contributed by atoms with Gasteiger partial charge in [0.25, 0.3) is 0 Å². The van der Waals surface area contributed by atoms with E-state index in [9.17, 15) is 23.1 Å². The highest BCUT2D eigenvalue weighted by Crippen LogP contribution is 2.49. The average Bonchev–Trinajstić information content (AvgIpc) is 2.99. The summed E-state index contributed by atoms with van der Waals surface area (Å²) < 4.78 is 42.1. The van der Waals surface area contributed by atoms with Crippen molar-refractivity contribution in [1.82, 2.24) is 4.90 Å². The molecule has 4 nitrogen and oxygen atoms in total. The Bertz CT molecular complexity index is 610. The molecular weight excluding hydrogens is 311 g/mol. The van der Waals surface area contributed by atoms with Gasteiger partial charge in [-0.2, -0.15) is 8.78 Å². The molecule has 1 aliphatic carbocycles. The summed E-state index contributed by atoms with van der Waals surface area (Å²) in [4.78, 5) is 13.6. The Balaban J connectivity index is 1.69. The Hall–Kier alpha value is -1.76. The molecule has 2 atom stereocenters. The molecule has 2 fully saturated rings. The van der Waals surface area contributed by atoms with Gasteiger partial charge in [0.15, 0.2) is 11.6 Å². The van der Waals surface area contributed by atoms with Crippen LogP contribution < -0.4 is 4.74 Å². The number of carbonyl (C=O) groups is 1. The van der Waals surface area contributed by atoms with Crippen LogP contribution in [-0.4, -0.2) is 35.7 Å². The fraction of sp³-hybridized carbons (Fsp3) is 0.562. The molecule has 1 saturated heterocycles. The summed E-state index contributed by atoms with van der Waals surface area (Å²) in [6.07, 6.45) is 2.51. The molecule has 1 heterocycles. The number of alkyl halides is 2. The van der Waals surface area contributed by atoms with Crippen LogP contribution in [0.2, 0.25) is 0 Å². The van der Waals surface area contributed by atoms with Gasteiger partial charge in [0.1, 0.15) is 0 Å². The zero-order valence-corrected chi connectivity index (χ0v) is 12.5. The maximum absolute atomic E-state index is 13.7. The van der Waals surface area contributed by atoms with Crippen molar-refractivity contribution in [2.45, 2.75) is 32.4 Å². The van der Waals surface area contributed by atoms with Gasteiger partial charge in [0, 0.05) is 19.6 Å². The topological polar surface area (TPSA) is 49.8 Å². The lowest BCUT2D eigenvalue weighted by atomic mass is 9.81. The van der Waals surface area contributed by atoms with Gasteiger partial charge in [0.05, 0.1) is 5.41 Å². The van der Waals surface area contributed by atoms with E-state index < -0.39 is 29.6 Å². The van der Waals surface area contributed by atoms with E-state index in [1.807, 2.05) is 4.90 Å². The molecule has 7 heteroatoms. The highest BCUT2D eigenvalue weighted by atomic mass is 19.3. The number of hydrogen-bond acceptors (Lipinski definition) is 3. The van der Waals surface area contributed by atoms with Crippen LogP contribution in [0.3, 0.4) is 0 Å². The number of hydrogen-bond donors (Lipinski definition) is 1. The van der Waals surface area contributed by atoms with Gasteiger partial charge < -0.3 is 9.84 Å². The van der Waals surface area contributed by atoms with E-state index in [0.29, 0.717) is 31.6 Å². The third-order valence-electron chi connectivity index (χ3n) is 4.99. The zero-order chi connectivity index (χ0) is 16.6. The first-order valence-electron chi connectivity index (χ1n) is 7.60. The number of ether oxygens (including phenoxy) is 1. The fourth-order valence-electron chi connectivity index (χ4n) is 3.96. The van der Waals surface area contributed by atoms with Crippen LogP contribution in [0.15, 0.2) is 18.2 Å². The van der Waals surface area contributed by atoms with E-state index in [2.05, 4.69) is 4.74 Å². The number of fused-ring (bicyclic) bond motifs is 1. The van der Waals surface area contributed by atoms with Crippen molar-refractivity contribution >= 4 is 5.97 Å². The molecule has 0 unspecified atom stereocenters. The van der Waals surface area contributed by atoms with Gasteiger partial charge >= 0.3 is 12.6 Å². The standard InChI is InChI=1S/C16H18F3NO3/c17-12-6-10(3-4-13(12)23-15(18)19)7-20-8-11-2-1-5-16(11,9-20)14(21)22/h3-4,6,11,15H,1-2,5,7-9H2,(H,21,22)/t11-,16+/m0/s1. The normalized spacial score (nSPS) is 27.4. The SMILES string of the molecule is O=C(O)[C@@]12CCC[C@H]1CN(Cc1ccc(OC(F)F)c(F)c1)C2. The van der Waals surface area contributed by atoms with E-state index in [0.717, 1.165) is 12.8 Å². The predicted molar refractivity (Wildman–Crippen MR) is 75.7 cm³/mol. The van der Waals surface area contributed by atoms with Crippen LogP contribution in [0.5, 0.6) is 5.75 Å². The van der Waals surface area contributed by atoms with Crippen molar-refractivity contribution in [1.29, 1.82) is 0 Å². The van der Waals surface area contributed by atoms with Crippen LogP contribution in [0.1, 0.15) is 24.8 Å². The summed E-state index contributed by atoms with van der Waals surface area (Å²) in [5.74, 6) is -1.94. The van der Waals surface area contributed by atoms with Crippen molar-refractivity contribution in [3.63, 3.8) is 0 Å². The summed E-state index contributed by atoms with van der Waals surface area (Å²) in [7, 11) is 0. The molecule has 1 aliphatic heterocycles. The molecular formula is C16H18F3NO3. The van der Waals surface area contributed by atoms with E-state index >= 15 is 0 Å². The smallest absolute Gasteiger partial charge is 0.387 e. The second-order valence-corrected chi connectivity index (χ2v) is 6.36. The first-order chi connectivity index (χ1) is 10.9. The Kier molecular flexibility index (Phi) is 4.23. The van der Waals surface area contributed by atoms with Crippen molar-refractivity contribution in [3.05, 3.63) is 29.6 Å². The number of benzene rings is 1. The molecule has 0 amide bonds. The number of nitrogens with zero attached hydrogens (tertiary/aromatic N) is 1. The van der Waals surface area contributed by atoms with Gasteiger partial charge in [-0.05, 0) is 36.5 Å². The molecule has 1 aromatic rings. The van der Waals surface area contributed by atoms with Gasteiger partial charge in [-0.15, -0.1) is 0 Å². The molecule has 0 spiro atoms. The van der Waals surface area contributed by atoms with E-state index in [1.54, 1.807) is 0 Å². The highest BCUT2D eigenvalue weighted by molar-refractivity contribution is 5.76. The fourth-order valence-corrected chi connectivity index (χ4v) is 3.96. The molecule has 0 aromatic heterocycles. The monoisotopic (exact) mass is 329 g/mol. The Morgan fingerprint density at radius 2 is 2.26 bits per heavy atom. The number of carboxylic acid groups (broad SMARTS) is 1. The van der Waals surface area contributed by atoms with Crippen molar-refractivity contribution < 1.29 is 27.8 Å². The van der Waals surface area contributed by atoms with Crippen molar-refractivity contribution in [3.8, 4) is 5.75 Å². The summed E-state index contributed by atoms with van der Waals surface area (Å²) >= 11 is 0. The minimum absolute atomic E-state index is 0.131. The highest BCUT2D eigenvalue weighted by Gasteiger charge is 2.54. The molecule has 1 N–H and O–H groups in total. The van der Waals surface area contributed by atoms with Gasteiger partial charge in [-0.3, -0.25) is 9.69 Å². The number of aliphatic carboxylic acids is 1. The van der Waals surface area contributed by atoms with Crippen LogP contribution in [0.4, 0.5) is 13.2 Å². The molecule has 0 bridgehead atoms. The Morgan fingerprint density at radius 1 is 1.48 bits per heavy atom. The van der Waals surface area contributed by atoms with Crippen LogP contribution in [0, 0.1) is 17.2 Å². The maximum atomic E-state index is 13.7. The first kappa shape index (κ1) is 16.1. The van der Waals surface area contributed by atoms with Crippen LogP contribution in [-0.2, 0) is 11.3 Å². The van der Waals surface area contributed by atoms with Gasteiger partial charge in [-0.25, -0.2) is 4.39 Å². The lowest BCUT2D eigenvalue weighted by Gasteiger charge is -2.23. The maximum Gasteiger partial charge on any atom is 0.387 e. The second kappa shape index (κ2) is 6.03. The van der Waals surface area contributed by atoms with Crippen molar-refractivity contribution in [2.75, 3.05) is 13.1 Å². The summed E-state index contributed by atoms with van der Waals surface area (Å²) in [5, 5.41) is 9.55. The number of likely N-dealkylation sites (tertiary alicyclic amines) is 1. The minimum Gasteiger partial charge on any atom is -0.481 e. The average molecular weight is 329 g/mol. The molecule has 2 aliphatic rings. The summed E-state index contributed by atoms with van der Waals surface area (Å²) in [6.45, 7) is -1.55. The van der Waals surface area contributed by atoms with Gasteiger partial charge in [-0.1, -0.05) is 12.5 Å². The molecule has 23 heavy (non-hydrogen) atoms. The third kappa shape index (κ3) is 3.02. The van der Waals surface area contributed by atoms with Crippen molar-refractivity contribution in [2.24, 2.45) is 11.3 Å². The lowest BCUT2D eigenvalue weighted by molar-refractivity contribution is -0.149. The minimum atomic E-state index is -3.07. The van der Waals surface area contributed by atoms with Crippen LogP contribution >= 0.6 is 0 Å². The molecule has 1 saturated carbocycles. The van der Waals surface area contributed by atoms with E-state index in [1.165, 1.54) is 18.2 Å². The van der Waals surface area contributed by atoms with Gasteiger partial charge in [0.2, 0.25) is 0 Å². The molecule has 3 rings (SSSR count). The Morgan fingerprint density at radius 3 is 2.87 bits per heavy atom.